The summed E-state index contributed by atoms with van der Waals surface area (Å²) in [6.07, 6.45) is 2.57. The molecule has 0 bridgehead atoms. The van der Waals surface area contributed by atoms with E-state index >= 15 is 0 Å². The molecule has 2 amide bonds. The van der Waals surface area contributed by atoms with E-state index in [0.29, 0.717) is 22.1 Å². The Bertz CT molecular complexity index is 1230. The van der Waals surface area contributed by atoms with Crippen molar-refractivity contribution >= 4 is 45.3 Å². The molecule has 0 aliphatic carbocycles. The topological polar surface area (TPSA) is 104 Å². The second-order valence-electron chi connectivity index (χ2n) is 8.85. The normalized spacial score (nSPS) is 17.9. The van der Waals surface area contributed by atoms with Gasteiger partial charge >= 0.3 is 0 Å². The third kappa shape index (κ3) is 4.76. The lowest BCUT2D eigenvalue weighted by Crippen LogP contribution is -2.39. The van der Waals surface area contributed by atoms with E-state index < -0.39 is 0 Å². The number of nitrogens with one attached hydrogen (secondary N) is 2. The summed E-state index contributed by atoms with van der Waals surface area (Å²) in [5, 5.41) is 6.57. The second kappa shape index (κ2) is 9.44. The predicted octanol–water partition coefficient (Wildman–Crippen LogP) is 3.57. The van der Waals surface area contributed by atoms with Gasteiger partial charge in [-0.15, -0.1) is 11.3 Å². The summed E-state index contributed by atoms with van der Waals surface area (Å²) in [7, 11) is 2.09. The van der Waals surface area contributed by atoms with Crippen molar-refractivity contribution in [3.63, 3.8) is 0 Å². The van der Waals surface area contributed by atoms with Crippen LogP contribution in [0.2, 0.25) is 0 Å². The van der Waals surface area contributed by atoms with E-state index in [0.717, 1.165) is 50.3 Å². The number of hydrogen-bond acceptors (Lipinski definition) is 7. The highest BCUT2D eigenvalue weighted by Crippen LogP contribution is 2.30. The minimum Gasteiger partial charge on any atom is -0.399 e. The maximum atomic E-state index is 13.0. The van der Waals surface area contributed by atoms with Crippen molar-refractivity contribution in [2.24, 2.45) is 0 Å². The van der Waals surface area contributed by atoms with E-state index in [1.54, 1.807) is 29.5 Å². The number of nitrogens with zero attached hydrogens (tertiary/aromatic N) is 3. The lowest BCUT2D eigenvalue weighted by Gasteiger charge is -2.26. The van der Waals surface area contributed by atoms with Gasteiger partial charge in [0.2, 0.25) is 5.91 Å². The Labute approximate surface area is 202 Å². The van der Waals surface area contributed by atoms with Gasteiger partial charge in [-0.25, -0.2) is 4.98 Å². The van der Waals surface area contributed by atoms with E-state index in [9.17, 15) is 9.59 Å². The third-order valence-electron chi connectivity index (χ3n) is 6.29. The molecule has 176 valence electrons. The molecule has 3 heterocycles. The molecule has 9 heteroatoms. The van der Waals surface area contributed by atoms with Crippen molar-refractivity contribution in [3.8, 4) is 0 Å². The van der Waals surface area contributed by atoms with Gasteiger partial charge < -0.3 is 20.9 Å². The van der Waals surface area contributed by atoms with Crippen molar-refractivity contribution in [1.82, 2.24) is 9.88 Å². The predicted molar refractivity (Wildman–Crippen MR) is 136 cm³/mol. The number of anilines is 4. The maximum absolute atomic E-state index is 13.0. The summed E-state index contributed by atoms with van der Waals surface area (Å²) in [6, 6.07) is 14.3. The number of amides is 2. The molecule has 5 rings (SSSR count). The summed E-state index contributed by atoms with van der Waals surface area (Å²) in [5.74, 6) is -0.266. The van der Waals surface area contributed by atoms with Gasteiger partial charge in [-0.1, -0.05) is 12.1 Å². The van der Waals surface area contributed by atoms with E-state index in [1.807, 2.05) is 30.3 Å². The fraction of sp³-hybridized carbons (Fsp3) is 0.320. The van der Waals surface area contributed by atoms with Gasteiger partial charge in [0.25, 0.3) is 5.91 Å². The molecule has 0 spiro atoms. The minimum atomic E-state index is -0.303. The van der Waals surface area contributed by atoms with Gasteiger partial charge in [0.15, 0.2) is 5.13 Å². The van der Waals surface area contributed by atoms with Crippen LogP contribution in [0.3, 0.4) is 0 Å². The van der Waals surface area contributed by atoms with Gasteiger partial charge in [0.05, 0.1) is 5.69 Å². The maximum Gasteiger partial charge on any atom is 0.257 e. The molecule has 0 saturated carbocycles. The quantitative estimate of drug-likeness (QED) is 0.487. The third-order valence-corrected chi connectivity index (χ3v) is 7.29. The summed E-state index contributed by atoms with van der Waals surface area (Å²) < 4.78 is 0. The lowest BCUT2D eigenvalue weighted by molar-refractivity contribution is -0.117. The summed E-state index contributed by atoms with van der Waals surface area (Å²) in [5.41, 5.74) is 9.61. The lowest BCUT2D eigenvalue weighted by atomic mass is 10.1. The Morgan fingerprint density at radius 2 is 1.97 bits per heavy atom. The largest absolute Gasteiger partial charge is 0.399 e. The molecule has 2 aromatic carbocycles. The number of likely N-dealkylation sites (N-methyl/N-ethyl adjacent to an activating group) is 1. The Kier molecular flexibility index (Phi) is 6.21. The highest BCUT2D eigenvalue weighted by molar-refractivity contribution is 7.15. The van der Waals surface area contributed by atoms with Crippen LogP contribution in [0.25, 0.3) is 0 Å². The number of hydrogen-bond donors (Lipinski definition) is 3. The molecule has 2 aliphatic heterocycles. The fourth-order valence-corrected chi connectivity index (χ4v) is 5.65. The zero-order valence-corrected chi connectivity index (χ0v) is 19.9. The standard InChI is InChI=1S/C25H28N6O2S/c1-30-12-10-20-22(15-30)34-25(28-20)29-23(32)16-5-2-8-19(13-16)31-11-4-9-21(31)24(33)27-18-7-3-6-17(26)14-18/h2-3,5-8,13-14,21H,4,9-12,15,26H2,1H3,(H,27,33)(H,28,29,32)/t21-/m1/s1. The Balaban J connectivity index is 1.29. The first-order valence-electron chi connectivity index (χ1n) is 11.5. The molecule has 4 N–H and O–H groups in total. The number of rotatable bonds is 5. The van der Waals surface area contributed by atoms with Crippen LogP contribution >= 0.6 is 11.3 Å². The smallest absolute Gasteiger partial charge is 0.257 e. The molecule has 0 unspecified atom stereocenters. The summed E-state index contributed by atoms with van der Waals surface area (Å²) in [4.78, 5) is 36.1. The Morgan fingerprint density at radius 1 is 1.12 bits per heavy atom. The number of nitrogens with two attached hydrogens (primary N) is 1. The average molecular weight is 477 g/mol. The van der Waals surface area contributed by atoms with E-state index in [-0.39, 0.29) is 17.9 Å². The molecule has 2 aliphatic rings. The van der Waals surface area contributed by atoms with Gasteiger partial charge in [-0.2, -0.15) is 0 Å². The Hall–Kier alpha value is -3.43. The number of benzene rings is 2. The molecule has 0 radical (unpaired) electrons. The SMILES string of the molecule is CN1CCc2nc(NC(=O)c3cccc(N4CCC[C@@H]4C(=O)Nc4cccc(N)c4)c3)sc2C1. The molecule has 34 heavy (non-hydrogen) atoms. The van der Waals surface area contributed by atoms with Gasteiger partial charge in [-0.3, -0.25) is 14.9 Å². The van der Waals surface area contributed by atoms with Crippen LogP contribution in [0.4, 0.5) is 22.2 Å². The zero-order chi connectivity index (χ0) is 23.7. The van der Waals surface area contributed by atoms with E-state index in [2.05, 4.69) is 32.5 Å². The van der Waals surface area contributed by atoms with Crippen LogP contribution < -0.4 is 21.3 Å². The summed E-state index contributed by atoms with van der Waals surface area (Å²) in [6.45, 7) is 2.60. The monoisotopic (exact) mass is 476 g/mol. The molecule has 1 saturated heterocycles. The van der Waals surface area contributed by atoms with Gasteiger partial charge in [0, 0.05) is 53.6 Å². The number of aromatic nitrogens is 1. The van der Waals surface area contributed by atoms with Crippen LogP contribution in [0.1, 0.15) is 33.8 Å². The number of carbonyl (C=O) groups is 2. The first kappa shape index (κ1) is 22.4. The molecule has 1 fully saturated rings. The highest BCUT2D eigenvalue weighted by atomic mass is 32.1. The molecular formula is C25H28N6O2S. The molecule has 1 aromatic heterocycles. The average Bonchev–Trinajstić information content (AvgIpc) is 3.46. The minimum absolute atomic E-state index is 0.0729. The van der Waals surface area contributed by atoms with Crippen LogP contribution in [0.15, 0.2) is 48.5 Å². The van der Waals surface area contributed by atoms with Crippen molar-refractivity contribution in [2.45, 2.75) is 31.8 Å². The van der Waals surface area contributed by atoms with Gasteiger partial charge in [-0.05, 0) is 56.3 Å². The molecular weight excluding hydrogens is 448 g/mol. The molecule has 8 nitrogen and oxygen atoms in total. The summed E-state index contributed by atoms with van der Waals surface area (Å²) >= 11 is 1.54. The van der Waals surface area contributed by atoms with Crippen LogP contribution in [-0.4, -0.2) is 47.9 Å². The number of fused-ring (bicyclic) bond motifs is 1. The van der Waals surface area contributed by atoms with Crippen molar-refractivity contribution in [1.29, 1.82) is 0 Å². The molecule has 1 atom stereocenters. The number of carbonyl (C=O) groups excluding carboxylic acids is 2. The first-order valence-corrected chi connectivity index (χ1v) is 12.3. The number of thiazole rings is 1. The van der Waals surface area contributed by atoms with Crippen molar-refractivity contribution in [3.05, 3.63) is 64.7 Å². The van der Waals surface area contributed by atoms with Crippen molar-refractivity contribution in [2.75, 3.05) is 41.4 Å². The van der Waals surface area contributed by atoms with Gasteiger partial charge in [0.1, 0.15) is 6.04 Å². The van der Waals surface area contributed by atoms with Crippen molar-refractivity contribution < 1.29 is 9.59 Å². The zero-order valence-electron chi connectivity index (χ0n) is 19.1. The van der Waals surface area contributed by atoms with E-state index in [1.165, 1.54) is 4.88 Å². The first-order chi connectivity index (χ1) is 16.5. The highest BCUT2D eigenvalue weighted by Gasteiger charge is 2.31. The van der Waals surface area contributed by atoms with Crippen LogP contribution in [0.5, 0.6) is 0 Å². The number of nitrogen functional groups attached to an aromatic ring is 1. The molecule has 3 aromatic rings. The second-order valence-corrected chi connectivity index (χ2v) is 9.93. The fourth-order valence-electron chi connectivity index (χ4n) is 4.56. The Morgan fingerprint density at radius 3 is 2.82 bits per heavy atom. The van der Waals surface area contributed by atoms with Crippen LogP contribution in [0, 0.1) is 0 Å². The van der Waals surface area contributed by atoms with E-state index in [4.69, 9.17) is 5.73 Å². The van der Waals surface area contributed by atoms with Crippen LogP contribution in [-0.2, 0) is 17.8 Å².